The van der Waals surface area contributed by atoms with E-state index in [1.807, 2.05) is 6.92 Å². The van der Waals surface area contributed by atoms with Crippen molar-refractivity contribution in [2.45, 2.75) is 40.7 Å². The molecule has 0 radical (unpaired) electrons. The molecular weight excluding hydrogens is 536 g/mol. The minimum absolute atomic E-state index is 0.156. The van der Waals surface area contributed by atoms with Crippen LogP contribution in [0, 0.1) is 0 Å². The Labute approximate surface area is 233 Å². The van der Waals surface area contributed by atoms with Gasteiger partial charge in [-0.05, 0) is 62.2 Å². The summed E-state index contributed by atoms with van der Waals surface area (Å²) in [5.41, 5.74) is 1.59. The van der Waals surface area contributed by atoms with E-state index in [1.54, 1.807) is 62.4 Å². The van der Waals surface area contributed by atoms with Crippen molar-refractivity contribution in [2.75, 3.05) is 13.2 Å². The van der Waals surface area contributed by atoms with E-state index in [4.69, 9.17) is 18.9 Å². The minimum atomic E-state index is -0.811. The van der Waals surface area contributed by atoms with Crippen LogP contribution in [-0.2, 0) is 19.1 Å². The number of hydrogen-bond acceptors (Lipinski definition) is 10. The maximum absolute atomic E-state index is 13.8. The number of rotatable bonds is 8. The highest BCUT2D eigenvalue weighted by Gasteiger charge is 2.33. The van der Waals surface area contributed by atoms with E-state index in [0.29, 0.717) is 44.3 Å². The van der Waals surface area contributed by atoms with Crippen molar-refractivity contribution in [3.63, 3.8) is 0 Å². The Bertz CT molecular complexity index is 1680. The fourth-order valence-electron chi connectivity index (χ4n) is 4.26. The number of allylic oxidation sites excluding steroid dienone is 1. The van der Waals surface area contributed by atoms with E-state index in [9.17, 15) is 19.2 Å². The zero-order chi connectivity index (χ0) is 29.0. The topological polar surface area (TPSA) is 122 Å². The molecule has 2 heterocycles. The van der Waals surface area contributed by atoms with Gasteiger partial charge in [0.1, 0.15) is 5.75 Å². The molecule has 0 spiro atoms. The molecule has 0 bridgehead atoms. The molecule has 3 aromatic rings. The van der Waals surface area contributed by atoms with Crippen molar-refractivity contribution < 1.29 is 33.3 Å². The molecule has 1 aliphatic rings. The SMILES string of the molecule is CCOC(=O)C1=C(C)N=c2sc(=Cc3ccc(OC(C)=O)c(OCC)c3)c(=O)n2C1c1ccc(OC(C)=O)cc1. The highest BCUT2D eigenvalue weighted by molar-refractivity contribution is 7.07. The number of thiazole rings is 1. The van der Waals surface area contributed by atoms with Crippen molar-refractivity contribution >= 4 is 35.3 Å². The fourth-order valence-corrected chi connectivity index (χ4v) is 5.31. The zero-order valence-electron chi connectivity index (χ0n) is 22.7. The molecule has 1 atom stereocenters. The summed E-state index contributed by atoms with van der Waals surface area (Å²) in [6.45, 7) is 8.33. The number of nitrogens with zero attached hydrogens (tertiary/aromatic N) is 2. The predicted octanol–water partition coefficient (Wildman–Crippen LogP) is 3.05. The Balaban J connectivity index is 1.86. The lowest BCUT2D eigenvalue weighted by Crippen LogP contribution is -2.39. The van der Waals surface area contributed by atoms with Gasteiger partial charge in [-0.2, -0.15) is 0 Å². The van der Waals surface area contributed by atoms with Crippen LogP contribution in [0.4, 0.5) is 0 Å². The first-order valence-electron chi connectivity index (χ1n) is 12.6. The summed E-state index contributed by atoms with van der Waals surface area (Å²) in [7, 11) is 0. The van der Waals surface area contributed by atoms with Gasteiger partial charge in [0, 0.05) is 13.8 Å². The van der Waals surface area contributed by atoms with Gasteiger partial charge in [-0.3, -0.25) is 19.0 Å². The fraction of sp³-hybridized carbons (Fsp3) is 0.276. The number of esters is 3. The lowest BCUT2D eigenvalue weighted by atomic mass is 9.96. The second-order valence-electron chi connectivity index (χ2n) is 8.70. The first kappa shape index (κ1) is 28.5. The summed E-state index contributed by atoms with van der Waals surface area (Å²) in [6, 6.07) is 10.8. The minimum Gasteiger partial charge on any atom is -0.490 e. The van der Waals surface area contributed by atoms with Crippen molar-refractivity contribution in [3.05, 3.63) is 84.5 Å². The van der Waals surface area contributed by atoms with Crippen LogP contribution in [-0.4, -0.2) is 35.7 Å². The van der Waals surface area contributed by atoms with Gasteiger partial charge in [0.2, 0.25) is 0 Å². The van der Waals surface area contributed by atoms with E-state index in [1.165, 1.54) is 29.8 Å². The maximum atomic E-state index is 13.8. The van der Waals surface area contributed by atoms with E-state index in [-0.39, 0.29) is 23.5 Å². The summed E-state index contributed by atoms with van der Waals surface area (Å²) < 4.78 is 23.1. The number of hydrogen-bond donors (Lipinski definition) is 0. The molecule has 1 aromatic heterocycles. The van der Waals surface area contributed by atoms with Gasteiger partial charge in [-0.15, -0.1) is 0 Å². The number of aromatic nitrogens is 1. The average molecular weight is 565 g/mol. The Morgan fingerprint density at radius 1 is 0.975 bits per heavy atom. The molecule has 4 rings (SSSR count). The van der Waals surface area contributed by atoms with Crippen molar-refractivity contribution in [2.24, 2.45) is 4.99 Å². The maximum Gasteiger partial charge on any atom is 0.338 e. The van der Waals surface area contributed by atoms with Gasteiger partial charge >= 0.3 is 17.9 Å². The molecule has 2 aromatic carbocycles. The normalized spacial score (nSPS) is 14.7. The van der Waals surface area contributed by atoms with Gasteiger partial charge in [-0.1, -0.05) is 29.5 Å². The van der Waals surface area contributed by atoms with Crippen molar-refractivity contribution in [1.29, 1.82) is 0 Å². The van der Waals surface area contributed by atoms with Crippen LogP contribution in [0.2, 0.25) is 0 Å². The summed E-state index contributed by atoms with van der Waals surface area (Å²) in [4.78, 5) is 54.7. The quantitative estimate of drug-likeness (QED) is 0.302. The number of benzene rings is 2. The molecule has 208 valence electrons. The van der Waals surface area contributed by atoms with Crippen LogP contribution in [0.3, 0.4) is 0 Å². The molecule has 40 heavy (non-hydrogen) atoms. The Morgan fingerprint density at radius 2 is 1.68 bits per heavy atom. The zero-order valence-corrected chi connectivity index (χ0v) is 23.5. The first-order chi connectivity index (χ1) is 19.1. The smallest absolute Gasteiger partial charge is 0.338 e. The van der Waals surface area contributed by atoms with Crippen LogP contribution in [0.5, 0.6) is 17.2 Å². The van der Waals surface area contributed by atoms with Crippen molar-refractivity contribution in [1.82, 2.24) is 4.57 Å². The second kappa shape index (κ2) is 12.1. The average Bonchev–Trinajstić information content (AvgIpc) is 3.19. The molecular formula is C29H28N2O8S. The van der Waals surface area contributed by atoms with Crippen LogP contribution < -0.4 is 29.1 Å². The standard InChI is InChI=1S/C29H28N2O8S/c1-6-36-23-14-19(8-13-22(23)39-18(5)33)15-24-27(34)31-26(20-9-11-21(12-10-20)38-17(4)32)25(28(35)37-7-2)16(3)30-29(31)40-24/h8-15,26H,6-7H2,1-5H3. The largest absolute Gasteiger partial charge is 0.490 e. The van der Waals surface area contributed by atoms with Gasteiger partial charge in [0.05, 0.1) is 35.1 Å². The first-order valence-corrected chi connectivity index (χ1v) is 13.4. The van der Waals surface area contributed by atoms with Crippen LogP contribution in [0.25, 0.3) is 6.08 Å². The van der Waals surface area contributed by atoms with Gasteiger partial charge < -0.3 is 18.9 Å². The number of ether oxygens (including phenoxy) is 4. The number of carbonyl (C=O) groups excluding carboxylic acids is 3. The molecule has 0 saturated carbocycles. The van der Waals surface area contributed by atoms with Crippen LogP contribution in [0.1, 0.15) is 51.8 Å². The molecule has 0 N–H and O–H groups in total. The van der Waals surface area contributed by atoms with E-state index >= 15 is 0 Å². The van der Waals surface area contributed by atoms with E-state index < -0.39 is 23.9 Å². The molecule has 10 nitrogen and oxygen atoms in total. The second-order valence-corrected chi connectivity index (χ2v) is 9.71. The molecule has 0 fully saturated rings. The molecule has 0 aliphatic carbocycles. The lowest BCUT2D eigenvalue weighted by Gasteiger charge is -2.24. The summed E-state index contributed by atoms with van der Waals surface area (Å²) >= 11 is 1.18. The van der Waals surface area contributed by atoms with E-state index in [0.717, 1.165) is 0 Å². The van der Waals surface area contributed by atoms with Crippen LogP contribution >= 0.6 is 11.3 Å². The Hall–Kier alpha value is -4.51. The Morgan fingerprint density at radius 3 is 2.30 bits per heavy atom. The highest BCUT2D eigenvalue weighted by Crippen LogP contribution is 2.32. The third kappa shape index (κ3) is 6.04. The third-order valence-electron chi connectivity index (χ3n) is 5.79. The highest BCUT2D eigenvalue weighted by atomic mass is 32.1. The molecule has 0 amide bonds. The summed E-state index contributed by atoms with van der Waals surface area (Å²) in [6.07, 6.45) is 1.69. The number of carbonyl (C=O) groups is 3. The van der Waals surface area contributed by atoms with Gasteiger partial charge in [0.15, 0.2) is 16.3 Å². The molecule has 1 unspecified atom stereocenters. The molecule has 1 aliphatic heterocycles. The summed E-state index contributed by atoms with van der Waals surface area (Å²) in [5, 5.41) is 0. The van der Waals surface area contributed by atoms with E-state index in [2.05, 4.69) is 4.99 Å². The van der Waals surface area contributed by atoms with Gasteiger partial charge in [0.25, 0.3) is 5.56 Å². The predicted molar refractivity (Wildman–Crippen MR) is 147 cm³/mol. The monoisotopic (exact) mass is 564 g/mol. The van der Waals surface area contributed by atoms with Gasteiger partial charge in [-0.25, -0.2) is 9.79 Å². The third-order valence-corrected chi connectivity index (χ3v) is 6.78. The lowest BCUT2D eigenvalue weighted by molar-refractivity contribution is -0.139. The molecule has 11 heteroatoms. The molecule has 0 saturated heterocycles. The number of fused-ring (bicyclic) bond motifs is 1. The van der Waals surface area contributed by atoms with Crippen molar-refractivity contribution in [3.8, 4) is 17.2 Å². The summed E-state index contributed by atoms with van der Waals surface area (Å²) in [5.74, 6) is -0.531. The Kier molecular flexibility index (Phi) is 8.64. The van der Waals surface area contributed by atoms with Crippen LogP contribution in [0.15, 0.2) is 63.5 Å².